The van der Waals surface area contributed by atoms with Gasteiger partial charge in [0.1, 0.15) is 11.3 Å². The number of alkyl halides is 1. The van der Waals surface area contributed by atoms with Crippen molar-refractivity contribution in [2.24, 2.45) is 0 Å². The van der Waals surface area contributed by atoms with Crippen LogP contribution in [0.15, 0.2) is 30.5 Å². The second-order valence-corrected chi connectivity index (χ2v) is 6.58. The average molecular weight is 286 g/mol. The van der Waals surface area contributed by atoms with Gasteiger partial charge in [-0.2, -0.15) is 0 Å². The Morgan fingerprint density at radius 3 is 2.70 bits per heavy atom. The Bertz CT molecular complexity index is 815. The molecule has 0 N–H and O–H groups in total. The van der Waals surface area contributed by atoms with Crippen molar-refractivity contribution < 1.29 is 0 Å². The molecule has 0 amide bonds. The largest absolute Gasteiger partial charge is 0.320 e. The van der Waals surface area contributed by atoms with E-state index in [1.807, 2.05) is 25.3 Å². The summed E-state index contributed by atoms with van der Waals surface area (Å²) >= 11 is 6.36. The summed E-state index contributed by atoms with van der Waals surface area (Å²) in [6, 6.07) is 8.24. The van der Waals surface area contributed by atoms with Crippen molar-refractivity contribution in [2.75, 3.05) is 0 Å². The van der Waals surface area contributed by atoms with Gasteiger partial charge in [0.05, 0.1) is 22.6 Å². The Labute approximate surface area is 122 Å². The van der Waals surface area contributed by atoms with Gasteiger partial charge in [-0.1, -0.05) is 18.2 Å². The fourth-order valence-corrected chi connectivity index (χ4v) is 3.09. The second-order valence-electron chi connectivity index (χ2n) is 5.93. The minimum absolute atomic E-state index is 0.0985. The van der Waals surface area contributed by atoms with Gasteiger partial charge in [-0.25, -0.2) is 4.98 Å². The number of aromatic nitrogens is 3. The van der Waals surface area contributed by atoms with Crippen LogP contribution >= 0.6 is 11.6 Å². The molecule has 2 aromatic heterocycles. The van der Waals surface area contributed by atoms with Crippen LogP contribution in [0.1, 0.15) is 37.9 Å². The molecule has 4 rings (SSSR count). The SMILES string of the molecule is CC(Cl)c1nc2cnc3ccccc3c2n1C1(C)CC1. The Morgan fingerprint density at radius 2 is 2.00 bits per heavy atom. The van der Waals surface area contributed by atoms with Gasteiger partial charge in [-0.15, -0.1) is 11.6 Å². The smallest absolute Gasteiger partial charge is 0.128 e. The Balaban J connectivity index is 2.19. The van der Waals surface area contributed by atoms with Crippen molar-refractivity contribution in [3.8, 4) is 0 Å². The van der Waals surface area contributed by atoms with Crippen molar-refractivity contribution in [1.82, 2.24) is 14.5 Å². The summed E-state index contributed by atoms with van der Waals surface area (Å²) in [5.74, 6) is 0.958. The van der Waals surface area contributed by atoms with Crippen molar-refractivity contribution in [3.63, 3.8) is 0 Å². The molecule has 3 aromatic rings. The predicted molar refractivity (Wildman–Crippen MR) is 82.2 cm³/mol. The van der Waals surface area contributed by atoms with Crippen molar-refractivity contribution >= 4 is 33.5 Å². The number of hydrogen-bond acceptors (Lipinski definition) is 2. The number of para-hydroxylation sites is 1. The number of fused-ring (bicyclic) bond motifs is 3. The van der Waals surface area contributed by atoms with E-state index in [2.05, 4.69) is 28.6 Å². The zero-order valence-corrected chi connectivity index (χ0v) is 12.4. The lowest BCUT2D eigenvalue weighted by molar-refractivity contribution is 0.523. The van der Waals surface area contributed by atoms with Crippen LogP contribution in [0.25, 0.3) is 21.9 Å². The molecule has 1 aromatic carbocycles. The quantitative estimate of drug-likeness (QED) is 0.654. The monoisotopic (exact) mass is 285 g/mol. The molecule has 0 bridgehead atoms. The molecule has 0 aliphatic heterocycles. The average Bonchev–Trinajstić information content (AvgIpc) is 3.05. The molecule has 0 saturated heterocycles. The molecule has 1 atom stereocenters. The van der Waals surface area contributed by atoms with Crippen LogP contribution in [0, 0.1) is 0 Å². The third-order valence-electron chi connectivity index (χ3n) is 4.28. The first-order chi connectivity index (χ1) is 9.60. The van der Waals surface area contributed by atoms with E-state index in [1.165, 1.54) is 18.4 Å². The number of pyridine rings is 1. The molecule has 1 aliphatic carbocycles. The molecular formula is C16H16ClN3. The van der Waals surface area contributed by atoms with E-state index >= 15 is 0 Å². The van der Waals surface area contributed by atoms with Crippen LogP contribution in [0.5, 0.6) is 0 Å². The van der Waals surface area contributed by atoms with Crippen LogP contribution in [0.2, 0.25) is 0 Å². The van der Waals surface area contributed by atoms with E-state index < -0.39 is 0 Å². The molecule has 2 heterocycles. The highest BCUT2D eigenvalue weighted by Gasteiger charge is 2.42. The zero-order valence-electron chi connectivity index (χ0n) is 11.6. The van der Waals surface area contributed by atoms with Gasteiger partial charge in [0.15, 0.2) is 0 Å². The maximum Gasteiger partial charge on any atom is 0.128 e. The van der Waals surface area contributed by atoms with E-state index in [0.717, 1.165) is 22.2 Å². The number of rotatable bonds is 2. The van der Waals surface area contributed by atoms with Crippen LogP contribution in [0.3, 0.4) is 0 Å². The van der Waals surface area contributed by atoms with E-state index in [0.29, 0.717) is 0 Å². The fourth-order valence-electron chi connectivity index (χ4n) is 2.94. The lowest BCUT2D eigenvalue weighted by Crippen LogP contribution is -2.16. The first-order valence-corrected chi connectivity index (χ1v) is 7.44. The number of nitrogens with zero attached hydrogens (tertiary/aromatic N) is 3. The summed E-state index contributed by atoms with van der Waals surface area (Å²) in [5.41, 5.74) is 3.30. The molecular weight excluding hydrogens is 270 g/mol. The van der Waals surface area contributed by atoms with Crippen LogP contribution in [0.4, 0.5) is 0 Å². The first kappa shape index (κ1) is 12.2. The molecule has 1 unspecified atom stereocenters. The second kappa shape index (κ2) is 3.95. The molecule has 3 nitrogen and oxygen atoms in total. The number of imidazole rings is 1. The summed E-state index contributed by atoms with van der Waals surface area (Å²) in [4.78, 5) is 9.24. The predicted octanol–water partition coefficient (Wildman–Crippen LogP) is 4.39. The molecule has 20 heavy (non-hydrogen) atoms. The minimum Gasteiger partial charge on any atom is -0.320 e. The standard InChI is InChI=1S/C16H16ClN3/c1-10(17)15-19-13-9-18-12-6-4-3-5-11(12)14(13)20(15)16(2)7-8-16/h3-6,9-10H,7-8H2,1-2H3. The van der Waals surface area contributed by atoms with Gasteiger partial charge in [0, 0.05) is 10.9 Å². The van der Waals surface area contributed by atoms with Crippen molar-refractivity contribution in [1.29, 1.82) is 0 Å². The summed E-state index contributed by atoms with van der Waals surface area (Å²) in [7, 11) is 0. The highest BCUT2D eigenvalue weighted by atomic mass is 35.5. The molecule has 1 saturated carbocycles. The molecule has 0 radical (unpaired) electrons. The van der Waals surface area contributed by atoms with Crippen LogP contribution in [-0.4, -0.2) is 14.5 Å². The Morgan fingerprint density at radius 1 is 1.25 bits per heavy atom. The van der Waals surface area contributed by atoms with Crippen molar-refractivity contribution in [3.05, 3.63) is 36.3 Å². The van der Waals surface area contributed by atoms with Gasteiger partial charge < -0.3 is 4.57 Å². The highest BCUT2D eigenvalue weighted by molar-refractivity contribution is 6.20. The van der Waals surface area contributed by atoms with Gasteiger partial charge >= 0.3 is 0 Å². The van der Waals surface area contributed by atoms with Crippen LogP contribution < -0.4 is 0 Å². The zero-order chi connectivity index (χ0) is 13.9. The Kier molecular flexibility index (Phi) is 2.40. The number of hydrogen-bond donors (Lipinski definition) is 0. The van der Waals surface area contributed by atoms with E-state index in [4.69, 9.17) is 16.6 Å². The topological polar surface area (TPSA) is 30.7 Å². The normalized spacial score (nSPS) is 18.6. The molecule has 102 valence electrons. The third kappa shape index (κ3) is 1.59. The van der Waals surface area contributed by atoms with E-state index in [-0.39, 0.29) is 10.9 Å². The number of halogens is 1. The molecule has 0 spiro atoms. The maximum atomic E-state index is 6.36. The highest BCUT2D eigenvalue weighted by Crippen LogP contribution is 2.47. The summed E-state index contributed by atoms with van der Waals surface area (Å²) in [6.07, 6.45) is 4.24. The number of benzene rings is 1. The lowest BCUT2D eigenvalue weighted by atomic mass is 10.1. The van der Waals surface area contributed by atoms with Gasteiger partial charge in [0.2, 0.25) is 0 Å². The third-order valence-corrected chi connectivity index (χ3v) is 4.48. The summed E-state index contributed by atoms with van der Waals surface area (Å²) < 4.78 is 2.35. The van der Waals surface area contributed by atoms with E-state index in [1.54, 1.807) is 0 Å². The van der Waals surface area contributed by atoms with Crippen LogP contribution in [-0.2, 0) is 5.54 Å². The molecule has 4 heteroatoms. The Hall–Kier alpha value is -1.61. The maximum absolute atomic E-state index is 6.36. The molecule has 1 fully saturated rings. The first-order valence-electron chi connectivity index (χ1n) is 7.01. The summed E-state index contributed by atoms with van der Waals surface area (Å²) in [6.45, 7) is 4.27. The minimum atomic E-state index is -0.0985. The van der Waals surface area contributed by atoms with Gasteiger partial charge in [-0.05, 0) is 32.8 Å². The fraction of sp³-hybridized carbons (Fsp3) is 0.375. The lowest BCUT2D eigenvalue weighted by Gasteiger charge is -2.18. The van der Waals surface area contributed by atoms with Crippen molar-refractivity contribution in [2.45, 2.75) is 37.6 Å². The summed E-state index contributed by atoms with van der Waals surface area (Å²) in [5, 5.41) is 1.06. The van der Waals surface area contributed by atoms with Gasteiger partial charge in [0.25, 0.3) is 0 Å². The molecule has 1 aliphatic rings. The van der Waals surface area contributed by atoms with Gasteiger partial charge in [-0.3, -0.25) is 4.98 Å². The van der Waals surface area contributed by atoms with E-state index in [9.17, 15) is 0 Å².